The van der Waals surface area contributed by atoms with E-state index in [9.17, 15) is 0 Å². The Kier molecular flexibility index (Phi) is 5.65. The van der Waals surface area contributed by atoms with Gasteiger partial charge in [-0.15, -0.1) is 11.6 Å². The van der Waals surface area contributed by atoms with E-state index in [4.69, 9.17) is 16.3 Å². The predicted molar refractivity (Wildman–Crippen MR) is 65.5 cm³/mol. The predicted octanol–water partition coefficient (Wildman–Crippen LogP) is 2.53. The fourth-order valence-corrected chi connectivity index (χ4v) is 1.93. The first-order valence-corrected chi connectivity index (χ1v) is 6.18. The average molecular weight is 232 g/mol. The third-order valence-corrected chi connectivity index (χ3v) is 3.46. The van der Waals surface area contributed by atoms with Crippen molar-refractivity contribution in [3.63, 3.8) is 0 Å². The normalized spacial score (nSPS) is 18.1. The number of alkyl halides is 1. The maximum Gasteiger partial charge on any atom is 0.0589 e. The van der Waals surface area contributed by atoms with Crippen LogP contribution in [0.2, 0.25) is 0 Å². The van der Waals surface area contributed by atoms with Gasteiger partial charge in [0.05, 0.1) is 6.61 Å². The SMILES string of the molecule is C=C(CCl)CN(CCOC)C(C)C1CC1. The summed E-state index contributed by atoms with van der Waals surface area (Å²) in [5.41, 5.74) is 1.10. The number of rotatable bonds is 8. The van der Waals surface area contributed by atoms with Crippen molar-refractivity contribution in [2.75, 3.05) is 32.7 Å². The van der Waals surface area contributed by atoms with Crippen LogP contribution in [0.3, 0.4) is 0 Å². The van der Waals surface area contributed by atoms with Crippen molar-refractivity contribution >= 4 is 11.6 Å². The fraction of sp³-hybridized carbons (Fsp3) is 0.833. The third-order valence-electron chi connectivity index (χ3n) is 3.08. The summed E-state index contributed by atoms with van der Waals surface area (Å²) in [7, 11) is 1.75. The molecule has 0 aromatic heterocycles. The zero-order chi connectivity index (χ0) is 11.3. The zero-order valence-corrected chi connectivity index (χ0v) is 10.6. The number of ether oxygens (including phenoxy) is 1. The van der Waals surface area contributed by atoms with Crippen molar-refractivity contribution in [2.45, 2.75) is 25.8 Å². The summed E-state index contributed by atoms with van der Waals surface area (Å²) in [6, 6.07) is 0.639. The highest BCUT2D eigenvalue weighted by Crippen LogP contribution is 2.35. The molecule has 1 atom stereocenters. The number of methoxy groups -OCH3 is 1. The summed E-state index contributed by atoms with van der Waals surface area (Å²) < 4.78 is 5.13. The second kappa shape index (κ2) is 6.51. The number of hydrogen-bond acceptors (Lipinski definition) is 2. The van der Waals surface area contributed by atoms with E-state index in [2.05, 4.69) is 18.4 Å². The summed E-state index contributed by atoms with van der Waals surface area (Å²) in [5.74, 6) is 1.44. The standard InChI is InChI=1S/C12H22ClNO/c1-10(8-13)9-14(6-7-15-3)11(2)12-4-5-12/h11-12H,1,4-9H2,2-3H3. The summed E-state index contributed by atoms with van der Waals surface area (Å²) >= 11 is 5.77. The van der Waals surface area contributed by atoms with Crippen molar-refractivity contribution in [2.24, 2.45) is 5.92 Å². The minimum absolute atomic E-state index is 0.556. The molecule has 15 heavy (non-hydrogen) atoms. The Balaban J connectivity index is 2.39. The van der Waals surface area contributed by atoms with E-state index in [0.29, 0.717) is 11.9 Å². The van der Waals surface area contributed by atoms with Gasteiger partial charge in [0.15, 0.2) is 0 Å². The van der Waals surface area contributed by atoms with Gasteiger partial charge < -0.3 is 4.74 Å². The molecule has 3 heteroatoms. The molecular weight excluding hydrogens is 210 g/mol. The van der Waals surface area contributed by atoms with E-state index in [-0.39, 0.29) is 0 Å². The molecule has 88 valence electrons. The average Bonchev–Trinajstić information content (AvgIpc) is 3.06. The Hall–Kier alpha value is -0.0500. The van der Waals surface area contributed by atoms with Gasteiger partial charge in [0.25, 0.3) is 0 Å². The number of nitrogens with zero attached hydrogens (tertiary/aromatic N) is 1. The van der Waals surface area contributed by atoms with Crippen LogP contribution in [0.15, 0.2) is 12.2 Å². The first-order chi connectivity index (χ1) is 7.19. The van der Waals surface area contributed by atoms with Crippen molar-refractivity contribution in [3.8, 4) is 0 Å². The molecule has 1 unspecified atom stereocenters. The molecular formula is C12H22ClNO. The van der Waals surface area contributed by atoms with Crippen LogP contribution in [0.25, 0.3) is 0 Å². The lowest BCUT2D eigenvalue weighted by Crippen LogP contribution is -2.38. The first-order valence-electron chi connectivity index (χ1n) is 5.64. The van der Waals surface area contributed by atoms with Crippen molar-refractivity contribution < 1.29 is 4.74 Å². The Bertz CT molecular complexity index is 204. The molecule has 0 aromatic rings. The van der Waals surface area contributed by atoms with Gasteiger partial charge in [0.2, 0.25) is 0 Å². The van der Waals surface area contributed by atoms with Gasteiger partial charge in [0.1, 0.15) is 0 Å². The molecule has 2 nitrogen and oxygen atoms in total. The van der Waals surface area contributed by atoms with Gasteiger partial charge in [-0.2, -0.15) is 0 Å². The fourth-order valence-electron chi connectivity index (χ4n) is 1.84. The van der Waals surface area contributed by atoms with Gasteiger partial charge in [-0.1, -0.05) is 6.58 Å². The molecule has 1 fully saturated rings. The smallest absolute Gasteiger partial charge is 0.0589 e. The molecule has 0 amide bonds. The molecule has 0 bridgehead atoms. The second-order valence-electron chi connectivity index (χ2n) is 4.42. The lowest BCUT2D eigenvalue weighted by atomic mass is 10.1. The Morgan fingerprint density at radius 2 is 2.27 bits per heavy atom. The number of halogens is 1. The molecule has 1 rings (SSSR count). The van der Waals surface area contributed by atoms with Crippen LogP contribution >= 0.6 is 11.6 Å². The molecule has 1 aliphatic rings. The Labute approximate surface area is 98.2 Å². The van der Waals surface area contributed by atoms with E-state index in [0.717, 1.165) is 31.2 Å². The highest BCUT2D eigenvalue weighted by molar-refractivity contribution is 6.19. The molecule has 1 aliphatic carbocycles. The van der Waals surface area contributed by atoms with Crippen LogP contribution in [-0.2, 0) is 4.74 Å². The summed E-state index contributed by atoms with van der Waals surface area (Å²) in [5, 5.41) is 0. The van der Waals surface area contributed by atoms with Gasteiger partial charge in [-0.05, 0) is 31.3 Å². The number of hydrogen-bond donors (Lipinski definition) is 0. The molecule has 0 heterocycles. The molecule has 0 aliphatic heterocycles. The molecule has 0 N–H and O–H groups in total. The van der Waals surface area contributed by atoms with Crippen molar-refractivity contribution in [1.29, 1.82) is 0 Å². The minimum Gasteiger partial charge on any atom is -0.383 e. The van der Waals surface area contributed by atoms with E-state index in [1.54, 1.807) is 7.11 Å². The molecule has 0 radical (unpaired) electrons. The largest absolute Gasteiger partial charge is 0.383 e. The topological polar surface area (TPSA) is 12.5 Å². The highest BCUT2D eigenvalue weighted by Gasteiger charge is 2.31. The van der Waals surface area contributed by atoms with Gasteiger partial charge in [-0.25, -0.2) is 0 Å². The Morgan fingerprint density at radius 1 is 1.60 bits per heavy atom. The van der Waals surface area contributed by atoms with Crippen molar-refractivity contribution in [3.05, 3.63) is 12.2 Å². The molecule has 1 saturated carbocycles. The van der Waals surface area contributed by atoms with Crippen LogP contribution in [-0.4, -0.2) is 43.6 Å². The van der Waals surface area contributed by atoms with E-state index >= 15 is 0 Å². The summed E-state index contributed by atoms with van der Waals surface area (Å²) in [4.78, 5) is 2.44. The zero-order valence-electron chi connectivity index (χ0n) is 9.84. The Morgan fingerprint density at radius 3 is 2.73 bits per heavy atom. The monoisotopic (exact) mass is 231 g/mol. The van der Waals surface area contributed by atoms with Crippen LogP contribution < -0.4 is 0 Å². The van der Waals surface area contributed by atoms with Gasteiger partial charge in [0, 0.05) is 32.1 Å². The van der Waals surface area contributed by atoms with Crippen LogP contribution in [0.1, 0.15) is 19.8 Å². The van der Waals surface area contributed by atoms with E-state index in [1.807, 2.05) is 0 Å². The first kappa shape index (κ1) is 13.0. The van der Waals surface area contributed by atoms with Gasteiger partial charge in [-0.3, -0.25) is 4.90 Å². The highest BCUT2D eigenvalue weighted by atomic mass is 35.5. The van der Waals surface area contributed by atoms with Gasteiger partial charge >= 0.3 is 0 Å². The minimum atomic E-state index is 0.556. The third kappa shape index (κ3) is 4.54. The lowest BCUT2D eigenvalue weighted by Gasteiger charge is -2.29. The van der Waals surface area contributed by atoms with Crippen LogP contribution in [0.4, 0.5) is 0 Å². The van der Waals surface area contributed by atoms with Crippen LogP contribution in [0.5, 0.6) is 0 Å². The second-order valence-corrected chi connectivity index (χ2v) is 4.69. The van der Waals surface area contributed by atoms with E-state index < -0.39 is 0 Å². The van der Waals surface area contributed by atoms with Crippen LogP contribution in [0, 0.1) is 5.92 Å². The maximum atomic E-state index is 5.77. The maximum absolute atomic E-state index is 5.77. The quantitative estimate of drug-likeness (QED) is 0.470. The molecule has 0 saturated heterocycles. The van der Waals surface area contributed by atoms with Crippen molar-refractivity contribution in [1.82, 2.24) is 4.90 Å². The molecule has 0 spiro atoms. The summed E-state index contributed by atoms with van der Waals surface area (Å²) in [6.07, 6.45) is 2.75. The summed E-state index contributed by atoms with van der Waals surface area (Å²) in [6.45, 7) is 8.94. The molecule has 0 aromatic carbocycles. The van der Waals surface area contributed by atoms with E-state index in [1.165, 1.54) is 12.8 Å². The lowest BCUT2D eigenvalue weighted by molar-refractivity contribution is 0.124.